The summed E-state index contributed by atoms with van der Waals surface area (Å²) in [7, 11) is 0. The molecule has 9 nitrogen and oxygen atoms in total. The van der Waals surface area contributed by atoms with E-state index in [4.69, 9.17) is 4.74 Å². The number of benzene rings is 1. The van der Waals surface area contributed by atoms with E-state index >= 15 is 0 Å². The van der Waals surface area contributed by atoms with Crippen LogP contribution in [0.3, 0.4) is 0 Å². The number of carboxylic acid groups (broad SMARTS) is 1. The molecule has 3 heterocycles. The minimum absolute atomic E-state index is 0.140. The van der Waals surface area contributed by atoms with Gasteiger partial charge in [0.15, 0.2) is 5.82 Å². The van der Waals surface area contributed by atoms with Gasteiger partial charge in [-0.2, -0.15) is 9.78 Å². The van der Waals surface area contributed by atoms with Crippen molar-refractivity contribution >= 4 is 23.2 Å². The van der Waals surface area contributed by atoms with Crippen LogP contribution in [-0.4, -0.2) is 54.1 Å². The summed E-state index contributed by atoms with van der Waals surface area (Å²) in [4.78, 5) is 33.7. The molecule has 0 spiro atoms. The normalized spacial score (nSPS) is 13.9. The molecule has 1 amide bonds. The molecule has 4 rings (SSSR count). The second kappa shape index (κ2) is 7.29. The topological polar surface area (TPSA) is 110 Å². The van der Waals surface area contributed by atoms with E-state index < -0.39 is 23.6 Å². The average Bonchev–Trinajstić information content (AvgIpc) is 3.10. The van der Waals surface area contributed by atoms with Gasteiger partial charge in [-0.3, -0.25) is 0 Å². The monoisotopic (exact) mass is 427 g/mol. The van der Waals surface area contributed by atoms with Crippen LogP contribution in [0.5, 0.6) is 0 Å². The van der Waals surface area contributed by atoms with Crippen molar-refractivity contribution in [3.8, 4) is 11.4 Å². The first kappa shape index (κ1) is 20.7. The summed E-state index contributed by atoms with van der Waals surface area (Å²) in [6.45, 7) is 7.49. The van der Waals surface area contributed by atoms with Gasteiger partial charge in [0.1, 0.15) is 22.5 Å². The van der Waals surface area contributed by atoms with Crippen LogP contribution in [0.15, 0.2) is 18.5 Å². The number of amides is 1. The number of halogens is 1. The summed E-state index contributed by atoms with van der Waals surface area (Å²) >= 11 is 0. The van der Waals surface area contributed by atoms with E-state index in [1.807, 2.05) is 0 Å². The van der Waals surface area contributed by atoms with Crippen LogP contribution < -0.4 is 0 Å². The number of carbonyl (C=O) groups is 2. The number of ether oxygens (including phenoxy) is 1. The van der Waals surface area contributed by atoms with Crippen LogP contribution in [0.25, 0.3) is 22.4 Å². The molecule has 0 atom stereocenters. The number of nitrogens with zero attached hydrogens (tertiary/aromatic N) is 5. The fraction of sp³-hybridized carbons (Fsp3) is 0.381. The summed E-state index contributed by atoms with van der Waals surface area (Å²) in [6.07, 6.45) is 1.56. The smallest absolute Gasteiger partial charge is 0.435 e. The predicted octanol–water partition coefficient (Wildman–Crippen LogP) is 3.76. The Hall–Kier alpha value is -3.56. The average molecular weight is 427 g/mol. The van der Waals surface area contributed by atoms with Crippen molar-refractivity contribution in [3.63, 3.8) is 0 Å². The zero-order chi connectivity index (χ0) is 22.5. The Morgan fingerprint density at radius 2 is 2.00 bits per heavy atom. The molecule has 3 aromatic rings. The van der Waals surface area contributed by atoms with E-state index in [-0.39, 0.29) is 17.9 Å². The maximum absolute atomic E-state index is 15.0. The van der Waals surface area contributed by atoms with Gasteiger partial charge in [-0.05, 0) is 56.9 Å². The highest BCUT2D eigenvalue weighted by molar-refractivity contribution is 5.86. The van der Waals surface area contributed by atoms with Gasteiger partial charge in [0.2, 0.25) is 0 Å². The van der Waals surface area contributed by atoms with E-state index in [1.165, 1.54) is 23.4 Å². The lowest BCUT2D eigenvalue weighted by Crippen LogP contribution is -2.35. The molecular formula is C21H22FN5O4. The van der Waals surface area contributed by atoms with Crippen molar-refractivity contribution < 1.29 is 23.8 Å². The largest absolute Gasteiger partial charge is 0.465 e. The third-order valence-corrected chi connectivity index (χ3v) is 5.14. The zero-order valence-corrected chi connectivity index (χ0v) is 17.6. The molecule has 10 heteroatoms. The number of fused-ring (bicyclic) bond motifs is 2. The number of aromatic nitrogens is 4. The standard InChI is InChI=1S/C21H22FN5O4/c1-11-13-10-26(19(28)29)6-5-12(13)7-14(22)17(11)18-23-9-16-15(25-18)8-24-27(16)20(30)31-21(2,3)4/h7-9H,5-6,10H2,1-4H3,(H,28,29). The van der Waals surface area contributed by atoms with Crippen molar-refractivity contribution in [2.24, 2.45) is 0 Å². The molecule has 31 heavy (non-hydrogen) atoms. The number of hydrogen-bond acceptors (Lipinski definition) is 6. The first-order chi connectivity index (χ1) is 14.5. The molecule has 1 N–H and O–H groups in total. The highest BCUT2D eigenvalue weighted by atomic mass is 19.1. The van der Waals surface area contributed by atoms with Gasteiger partial charge in [0.25, 0.3) is 0 Å². The highest BCUT2D eigenvalue weighted by Gasteiger charge is 2.26. The van der Waals surface area contributed by atoms with Gasteiger partial charge < -0.3 is 14.7 Å². The van der Waals surface area contributed by atoms with Crippen LogP contribution in [0, 0.1) is 12.7 Å². The summed E-state index contributed by atoms with van der Waals surface area (Å²) < 4.78 is 21.4. The van der Waals surface area contributed by atoms with Gasteiger partial charge in [-0.25, -0.2) is 23.9 Å². The third kappa shape index (κ3) is 3.80. The van der Waals surface area contributed by atoms with Crippen LogP contribution in [0.4, 0.5) is 14.0 Å². The van der Waals surface area contributed by atoms with Crippen molar-refractivity contribution in [1.82, 2.24) is 24.6 Å². The number of rotatable bonds is 1. The first-order valence-electron chi connectivity index (χ1n) is 9.78. The molecule has 1 aliphatic rings. The minimum Gasteiger partial charge on any atom is -0.465 e. The minimum atomic E-state index is -1.01. The van der Waals surface area contributed by atoms with E-state index in [9.17, 15) is 19.1 Å². The van der Waals surface area contributed by atoms with Crippen molar-refractivity contribution in [2.45, 2.75) is 46.3 Å². The Morgan fingerprint density at radius 3 is 2.68 bits per heavy atom. The van der Waals surface area contributed by atoms with Crippen molar-refractivity contribution in [1.29, 1.82) is 0 Å². The molecule has 2 aromatic heterocycles. The van der Waals surface area contributed by atoms with E-state index in [2.05, 4.69) is 15.1 Å². The fourth-order valence-electron chi connectivity index (χ4n) is 3.68. The van der Waals surface area contributed by atoms with E-state index in [0.29, 0.717) is 29.6 Å². The quantitative estimate of drug-likeness (QED) is 0.629. The van der Waals surface area contributed by atoms with Crippen LogP contribution in [0.1, 0.15) is 37.5 Å². The highest BCUT2D eigenvalue weighted by Crippen LogP contribution is 2.33. The van der Waals surface area contributed by atoms with Crippen LogP contribution in [0.2, 0.25) is 0 Å². The lowest BCUT2D eigenvalue weighted by molar-refractivity contribution is 0.0522. The van der Waals surface area contributed by atoms with Crippen LogP contribution >= 0.6 is 0 Å². The molecule has 162 valence electrons. The predicted molar refractivity (Wildman–Crippen MR) is 109 cm³/mol. The second-order valence-electron chi connectivity index (χ2n) is 8.45. The van der Waals surface area contributed by atoms with Gasteiger partial charge in [-0.15, -0.1) is 0 Å². The molecule has 0 fully saturated rings. The Labute approximate surface area is 177 Å². The van der Waals surface area contributed by atoms with E-state index in [1.54, 1.807) is 27.7 Å². The summed E-state index contributed by atoms with van der Waals surface area (Å²) in [5, 5.41) is 13.3. The molecule has 0 aliphatic carbocycles. The lowest BCUT2D eigenvalue weighted by Gasteiger charge is -2.28. The molecule has 0 saturated heterocycles. The summed E-state index contributed by atoms with van der Waals surface area (Å²) in [5.41, 5.74) is 2.36. The third-order valence-electron chi connectivity index (χ3n) is 5.14. The second-order valence-corrected chi connectivity index (χ2v) is 8.45. The maximum Gasteiger partial charge on any atom is 0.435 e. The molecule has 0 unspecified atom stereocenters. The Kier molecular flexibility index (Phi) is 4.87. The number of hydrogen-bond donors (Lipinski definition) is 1. The van der Waals surface area contributed by atoms with Crippen LogP contribution in [-0.2, 0) is 17.7 Å². The van der Waals surface area contributed by atoms with Crippen molar-refractivity contribution in [3.05, 3.63) is 41.0 Å². The van der Waals surface area contributed by atoms with Gasteiger partial charge in [-0.1, -0.05) is 0 Å². The molecule has 0 saturated carbocycles. The molecule has 0 bridgehead atoms. The summed E-state index contributed by atoms with van der Waals surface area (Å²) in [6, 6.07) is 1.43. The molecule has 1 aromatic carbocycles. The van der Waals surface area contributed by atoms with Crippen molar-refractivity contribution in [2.75, 3.05) is 6.54 Å². The van der Waals surface area contributed by atoms with Gasteiger partial charge in [0, 0.05) is 13.1 Å². The van der Waals surface area contributed by atoms with Gasteiger partial charge in [0.05, 0.1) is 18.0 Å². The Bertz CT molecular complexity index is 1210. The van der Waals surface area contributed by atoms with E-state index in [0.717, 1.165) is 15.8 Å². The zero-order valence-electron chi connectivity index (χ0n) is 17.6. The fourth-order valence-corrected chi connectivity index (χ4v) is 3.68. The molecule has 1 aliphatic heterocycles. The molecule has 0 radical (unpaired) electrons. The Morgan fingerprint density at radius 1 is 1.26 bits per heavy atom. The number of carbonyl (C=O) groups excluding carboxylic acids is 1. The first-order valence-corrected chi connectivity index (χ1v) is 9.78. The lowest BCUT2D eigenvalue weighted by atomic mass is 9.91. The summed E-state index contributed by atoms with van der Waals surface area (Å²) in [5.74, 6) is -0.333. The Balaban J connectivity index is 1.75. The van der Waals surface area contributed by atoms with Gasteiger partial charge >= 0.3 is 12.2 Å². The molecular weight excluding hydrogens is 405 g/mol. The maximum atomic E-state index is 15.0. The SMILES string of the molecule is Cc1c2c(cc(F)c1-c1ncc3c(cnn3C(=O)OC(C)(C)C)n1)CCN(C(=O)O)C2.